The molecule has 1 aromatic rings. The standard InChI is InChI=1S/C11H12F3NO3/c1-17-6-7-18-15-10(16)8-2-4-9(5-3-8)11(12,13)14/h2-5H,6-7H2,1H3,(H,15,16). The number of rotatable bonds is 5. The molecule has 1 aromatic carbocycles. The van der Waals surface area contributed by atoms with Crippen molar-refractivity contribution in [3.05, 3.63) is 35.4 Å². The van der Waals surface area contributed by atoms with Crippen molar-refractivity contribution in [3.8, 4) is 0 Å². The monoisotopic (exact) mass is 263 g/mol. The third kappa shape index (κ3) is 4.34. The van der Waals surface area contributed by atoms with Crippen LogP contribution in [0.5, 0.6) is 0 Å². The predicted molar refractivity (Wildman–Crippen MR) is 56.7 cm³/mol. The average Bonchev–Trinajstić information content (AvgIpc) is 2.33. The molecule has 0 radical (unpaired) electrons. The van der Waals surface area contributed by atoms with Crippen molar-refractivity contribution in [2.75, 3.05) is 20.3 Å². The molecule has 7 heteroatoms. The Morgan fingerprint density at radius 2 is 1.83 bits per heavy atom. The van der Waals surface area contributed by atoms with Crippen molar-refractivity contribution in [1.82, 2.24) is 5.48 Å². The molecule has 0 saturated heterocycles. The Morgan fingerprint density at radius 1 is 1.22 bits per heavy atom. The van der Waals surface area contributed by atoms with E-state index in [1.54, 1.807) is 0 Å². The normalized spacial score (nSPS) is 11.3. The van der Waals surface area contributed by atoms with Crippen LogP contribution in [-0.4, -0.2) is 26.2 Å². The lowest BCUT2D eigenvalue weighted by molar-refractivity contribution is -0.137. The zero-order valence-electron chi connectivity index (χ0n) is 9.58. The van der Waals surface area contributed by atoms with Crippen LogP contribution in [0.15, 0.2) is 24.3 Å². The van der Waals surface area contributed by atoms with Crippen LogP contribution in [0.2, 0.25) is 0 Å². The Bertz CT molecular complexity index is 390. The van der Waals surface area contributed by atoms with Gasteiger partial charge in [0.25, 0.3) is 5.91 Å². The van der Waals surface area contributed by atoms with Gasteiger partial charge in [-0.2, -0.15) is 13.2 Å². The topological polar surface area (TPSA) is 47.6 Å². The van der Waals surface area contributed by atoms with Gasteiger partial charge in [0.2, 0.25) is 0 Å². The van der Waals surface area contributed by atoms with E-state index in [2.05, 4.69) is 10.2 Å². The van der Waals surface area contributed by atoms with Gasteiger partial charge in [0.05, 0.1) is 18.8 Å². The highest BCUT2D eigenvalue weighted by molar-refractivity contribution is 5.93. The maximum atomic E-state index is 12.3. The highest BCUT2D eigenvalue weighted by Crippen LogP contribution is 2.28. The first-order valence-electron chi connectivity index (χ1n) is 5.03. The molecule has 18 heavy (non-hydrogen) atoms. The SMILES string of the molecule is COCCONC(=O)c1ccc(C(F)(F)F)cc1. The fourth-order valence-electron chi connectivity index (χ4n) is 1.11. The van der Waals surface area contributed by atoms with Crippen LogP contribution in [0.1, 0.15) is 15.9 Å². The van der Waals surface area contributed by atoms with Crippen molar-refractivity contribution in [1.29, 1.82) is 0 Å². The molecule has 0 unspecified atom stereocenters. The number of amides is 1. The maximum Gasteiger partial charge on any atom is 0.416 e. The summed E-state index contributed by atoms with van der Waals surface area (Å²) in [4.78, 5) is 16.2. The van der Waals surface area contributed by atoms with Crippen molar-refractivity contribution in [3.63, 3.8) is 0 Å². The van der Waals surface area contributed by atoms with E-state index in [1.165, 1.54) is 7.11 Å². The molecular weight excluding hydrogens is 251 g/mol. The zero-order valence-corrected chi connectivity index (χ0v) is 9.58. The van der Waals surface area contributed by atoms with Gasteiger partial charge < -0.3 is 4.74 Å². The summed E-state index contributed by atoms with van der Waals surface area (Å²) in [6, 6.07) is 3.84. The van der Waals surface area contributed by atoms with E-state index in [4.69, 9.17) is 4.84 Å². The summed E-state index contributed by atoms with van der Waals surface area (Å²) in [5, 5.41) is 0. The Balaban J connectivity index is 2.54. The van der Waals surface area contributed by atoms with Crippen LogP contribution in [0, 0.1) is 0 Å². The zero-order chi connectivity index (χ0) is 13.6. The van der Waals surface area contributed by atoms with E-state index in [0.717, 1.165) is 24.3 Å². The number of methoxy groups -OCH3 is 1. The number of hydrogen-bond acceptors (Lipinski definition) is 3. The number of carbonyl (C=O) groups is 1. The second kappa shape index (κ2) is 6.36. The molecule has 0 fully saturated rings. The molecular formula is C11H12F3NO3. The van der Waals surface area contributed by atoms with E-state index >= 15 is 0 Å². The summed E-state index contributed by atoms with van der Waals surface area (Å²) in [7, 11) is 1.47. The van der Waals surface area contributed by atoms with Crippen molar-refractivity contribution in [2.45, 2.75) is 6.18 Å². The van der Waals surface area contributed by atoms with Crippen LogP contribution >= 0.6 is 0 Å². The first-order valence-corrected chi connectivity index (χ1v) is 5.03. The number of hydroxylamine groups is 1. The van der Waals surface area contributed by atoms with E-state index in [1.807, 2.05) is 0 Å². The third-order valence-electron chi connectivity index (χ3n) is 2.03. The summed E-state index contributed by atoms with van der Waals surface area (Å²) >= 11 is 0. The second-order valence-electron chi connectivity index (χ2n) is 3.35. The molecule has 0 saturated carbocycles. The van der Waals surface area contributed by atoms with Crippen molar-refractivity contribution in [2.24, 2.45) is 0 Å². The van der Waals surface area contributed by atoms with Gasteiger partial charge in [-0.1, -0.05) is 0 Å². The number of halogens is 3. The van der Waals surface area contributed by atoms with E-state index in [9.17, 15) is 18.0 Å². The minimum Gasteiger partial charge on any atom is -0.382 e. The molecule has 0 aliphatic carbocycles. The third-order valence-corrected chi connectivity index (χ3v) is 2.03. The molecule has 0 aliphatic rings. The van der Waals surface area contributed by atoms with Crippen LogP contribution in [0.3, 0.4) is 0 Å². The first kappa shape index (κ1) is 14.5. The summed E-state index contributed by atoms with van der Waals surface area (Å²) in [5.41, 5.74) is 1.37. The number of benzene rings is 1. The fourth-order valence-corrected chi connectivity index (χ4v) is 1.11. The molecule has 0 aromatic heterocycles. The first-order chi connectivity index (χ1) is 8.45. The summed E-state index contributed by atoms with van der Waals surface area (Å²) in [6.45, 7) is 0.455. The van der Waals surface area contributed by atoms with Gasteiger partial charge in [-0.3, -0.25) is 9.63 Å². The number of alkyl halides is 3. The minimum absolute atomic E-state index is 0.0837. The molecule has 1 rings (SSSR count). The predicted octanol–water partition coefficient (Wildman–Crippen LogP) is 2.01. The van der Waals surface area contributed by atoms with Gasteiger partial charge in [-0.05, 0) is 24.3 Å². The number of nitrogens with one attached hydrogen (secondary N) is 1. The molecule has 1 amide bonds. The van der Waals surface area contributed by atoms with Crippen molar-refractivity contribution >= 4 is 5.91 Å². The number of hydrogen-bond donors (Lipinski definition) is 1. The quantitative estimate of drug-likeness (QED) is 0.653. The number of carbonyl (C=O) groups excluding carboxylic acids is 1. The Morgan fingerprint density at radius 3 is 2.33 bits per heavy atom. The van der Waals surface area contributed by atoms with Crippen LogP contribution < -0.4 is 5.48 Å². The van der Waals surface area contributed by atoms with Gasteiger partial charge >= 0.3 is 6.18 Å². The smallest absolute Gasteiger partial charge is 0.382 e. The van der Waals surface area contributed by atoms with E-state index < -0.39 is 17.6 Å². The molecule has 100 valence electrons. The largest absolute Gasteiger partial charge is 0.416 e. The molecule has 0 bridgehead atoms. The maximum absolute atomic E-state index is 12.3. The molecule has 1 N–H and O–H groups in total. The Kier molecular flexibility index (Phi) is 5.11. The van der Waals surface area contributed by atoms with Crippen LogP contribution in [-0.2, 0) is 15.8 Å². The van der Waals surface area contributed by atoms with Crippen LogP contribution in [0.25, 0.3) is 0 Å². The van der Waals surface area contributed by atoms with E-state index in [-0.39, 0.29) is 12.2 Å². The highest BCUT2D eigenvalue weighted by atomic mass is 19.4. The lowest BCUT2D eigenvalue weighted by Gasteiger charge is -2.08. The Hall–Kier alpha value is -1.60. The summed E-state index contributed by atoms with van der Waals surface area (Å²) in [5.74, 6) is -0.611. The molecule has 0 atom stereocenters. The average molecular weight is 263 g/mol. The Labute approximate surface area is 102 Å². The molecule has 0 heterocycles. The number of ether oxygens (including phenoxy) is 1. The highest BCUT2D eigenvalue weighted by Gasteiger charge is 2.30. The molecule has 4 nitrogen and oxygen atoms in total. The molecule has 0 spiro atoms. The minimum atomic E-state index is -4.41. The lowest BCUT2D eigenvalue weighted by Crippen LogP contribution is -2.25. The van der Waals surface area contributed by atoms with Gasteiger partial charge in [0.15, 0.2) is 0 Å². The summed E-state index contributed by atoms with van der Waals surface area (Å²) in [6.07, 6.45) is -4.41. The van der Waals surface area contributed by atoms with Gasteiger partial charge in [0, 0.05) is 12.7 Å². The lowest BCUT2D eigenvalue weighted by atomic mass is 10.1. The fraction of sp³-hybridized carbons (Fsp3) is 0.364. The van der Waals surface area contributed by atoms with E-state index in [0.29, 0.717) is 6.61 Å². The van der Waals surface area contributed by atoms with Crippen molar-refractivity contribution < 1.29 is 27.5 Å². The van der Waals surface area contributed by atoms with Crippen LogP contribution in [0.4, 0.5) is 13.2 Å². The van der Waals surface area contributed by atoms with Gasteiger partial charge in [-0.15, -0.1) is 0 Å². The summed E-state index contributed by atoms with van der Waals surface area (Å²) < 4.78 is 41.5. The van der Waals surface area contributed by atoms with Gasteiger partial charge in [-0.25, -0.2) is 5.48 Å². The molecule has 0 aliphatic heterocycles. The second-order valence-corrected chi connectivity index (χ2v) is 3.35. The van der Waals surface area contributed by atoms with Gasteiger partial charge in [0.1, 0.15) is 0 Å².